The van der Waals surface area contributed by atoms with E-state index in [1.807, 2.05) is 6.92 Å². The van der Waals surface area contributed by atoms with E-state index in [1.54, 1.807) is 17.0 Å². The summed E-state index contributed by atoms with van der Waals surface area (Å²) in [5, 5.41) is 10.6. The molecule has 19 heavy (non-hydrogen) atoms. The second kappa shape index (κ2) is 7.06. The first-order valence-electron chi connectivity index (χ1n) is 5.81. The maximum absolute atomic E-state index is 11.7. The highest BCUT2D eigenvalue weighted by atomic mass is 35.5. The van der Waals surface area contributed by atoms with E-state index in [-0.39, 0.29) is 23.5 Å². The van der Waals surface area contributed by atoms with Crippen LogP contribution in [0.3, 0.4) is 0 Å². The van der Waals surface area contributed by atoms with Gasteiger partial charge in [-0.15, -0.1) is 11.6 Å². The average molecular weight is 286 g/mol. The van der Waals surface area contributed by atoms with E-state index >= 15 is 0 Å². The Morgan fingerprint density at radius 1 is 1.47 bits per heavy atom. The Balaban J connectivity index is 2.92. The van der Waals surface area contributed by atoms with Crippen molar-refractivity contribution in [3.05, 3.63) is 39.9 Å². The lowest BCUT2D eigenvalue weighted by atomic mass is 10.1. The number of nitrogens with two attached hydrogens (primary N) is 1. The van der Waals surface area contributed by atoms with Gasteiger partial charge >= 0.3 is 0 Å². The van der Waals surface area contributed by atoms with Crippen LogP contribution in [0.25, 0.3) is 0 Å². The molecule has 0 spiro atoms. The summed E-state index contributed by atoms with van der Waals surface area (Å²) in [6.07, 6.45) is 0. The highest BCUT2D eigenvalue weighted by Gasteiger charge is 2.20. The maximum atomic E-state index is 11.7. The van der Waals surface area contributed by atoms with Gasteiger partial charge in [-0.3, -0.25) is 14.9 Å². The molecule has 0 fully saturated rings. The van der Waals surface area contributed by atoms with Gasteiger partial charge in [0.05, 0.1) is 11.0 Å². The van der Waals surface area contributed by atoms with Gasteiger partial charge in [0.2, 0.25) is 5.91 Å². The fourth-order valence-electron chi connectivity index (χ4n) is 1.80. The number of carbonyl (C=O) groups excluding carboxylic acids is 1. The Morgan fingerprint density at radius 2 is 2.05 bits per heavy atom. The fourth-order valence-corrected chi connectivity index (χ4v) is 1.96. The van der Waals surface area contributed by atoms with Crippen LogP contribution in [-0.2, 0) is 4.79 Å². The molecule has 0 aliphatic rings. The highest BCUT2D eigenvalue weighted by molar-refractivity contribution is 6.27. The molecule has 0 radical (unpaired) electrons. The van der Waals surface area contributed by atoms with Gasteiger partial charge in [0.1, 0.15) is 5.88 Å². The molecule has 1 aromatic rings. The third kappa shape index (κ3) is 3.90. The summed E-state index contributed by atoms with van der Waals surface area (Å²) < 4.78 is 0. The van der Waals surface area contributed by atoms with Crippen molar-refractivity contribution < 1.29 is 9.72 Å². The van der Waals surface area contributed by atoms with Gasteiger partial charge in [0.15, 0.2) is 0 Å². The van der Waals surface area contributed by atoms with Crippen LogP contribution in [0.1, 0.15) is 18.5 Å². The van der Waals surface area contributed by atoms with Gasteiger partial charge in [-0.05, 0) is 12.5 Å². The molecule has 0 bridgehead atoms. The summed E-state index contributed by atoms with van der Waals surface area (Å²) in [5.74, 6) is -0.324. The molecule has 0 aliphatic heterocycles. The van der Waals surface area contributed by atoms with Crippen molar-refractivity contribution in [3.8, 4) is 0 Å². The van der Waals surface area contributed by atoms with Crippen molar-refractivity contribution in [2.24, 2.45) is 5.73 Å². The number of nitro benzene ring substituents is 1. The Morgan fingerprint density at radius 3 is 2.47 bits per heavy atom. The number of alkyl halides is 1. The highest BCUT2D eigenvalue weighted by Crippen LogP contribution is 2.22. The lowest BCUT2D eigenvalue weighted by molar-refractivity contribution is -0.384. The van der Waals surface area contributed by atoms with Gasteiger partial charge < -0.3 is 10.6 Å². The molecule has 0 aliphatic carbocycles. The van der Waals surface area contributed by atoms with E-state index in [0.717, 1.165) is 5.56 Å². The van der Waals surface area contributed by atoms with Gasteiger partial charge in [-0.2, -0.15) is 0 Å². The van der Waals surface area contributed by atoms with Gasteiger partial charge in [-0.1, -0.05) is 12.1 Å². The van der Waals surface area contributed by atoms with E-state index in [1.165, 1.54) is 12.1 Å². The van der Waals surface area contributed by atoms with Crippen LogP contribution < -0.4 is 5.73 Å². The largest absolute Gasteiger partial charge is 0.334 e. The summed E-state index contributed by atoms with van der Waals surface area (Å²) in [5.41, 5.74) is 6.30. The third-order valence-corrected chi connectivity index (χ3v) is 3.09. The normalized spacial score (nSPS) is 11.9. The van der Waals surface area contributed by atoms with Crippen LogP contribution in [0, 0.1) is 10.1 Å². The molecule has 7 heteroatoms. The quantitative estimate of drug-likeness (QED) is 0.489. The van der Waals surface area contributed by atoms with E-state index < -0.39 is 4.92 Å². The molecule has 1 amide bonds. The minimum atomic E-state index is -0.462. The Hall–Kier alpha value is -1.66. The van der Waals surface area contributed by atoms with Crippen LogP contribution >= 0.6 is 11.6 Å². The molecular formula is C12H16ClN3O3. The first-order chi connectivity index (χ1) is 9.01. The first kappa shape index (κ1) is 15.4. The number of hydrogen-bond acceptors (Lipinski definition) is 4. The van der Waals surface area contributed by atoms with Crippen molar-refractivity contribution in [2.75, 3.05) is 19.0 Å². The van der Waals surface area contributed by atoms with Crippen molar-refractivity contribution in [1.29, 1.82) is 0 Å². The molecule has 1 rings (SSSR count). The van der Waals surface area contributed by atoms with Crippen LogP contribution in [0.15, 0.2) is 24.3 Å². The van der Waals surface area contributed by atoms with Crippen LogP contribution in [0.4, 0.5) is 5.69 Å². The monoisotopic (exact) mass is 285 g/mol. The SMILES string of the molecule is CC(c1ccc([N+](=O)[O-])cc1)N(CCN)C(=O)CCl. The summed E-state index contributed by atoms with van der Waals surface area (Å²) in [4.78, 5) is 23.4. The number of benzene rings is 1. The Kier molecular flexibility index (Phi) is 5.72. The third-order valence-electron chi connectivity index (χ3n) is 2.86. The zero-order valence-corrected chi connectivity index (χ0v) is 11.3. The molecule has 104 valence electrons. The molecule has 0 heterocycles. The Bertz CT molecular complexity index is 450. The zero-order chi connectivity index (χ0) is 14.4. The van der Waals surface area contributed by atoms with Crippen LogP contribution in [0.2, 0.25) is 0 Å². The predicted molar refractivity (Wildman–Crippen MR) is 73.0 cm³/mol. The lowest BCUT2D eigenvalue weighted by Gasteiger charge is -2.28. The summed E-state index contributed by atoms with van der Waals surface area (Å²) >= 11 is 5.56. The molecule has 1 unspecified atom stereocenters. The van der Waals surface area contributed by atoms with E-state index in [4.69, 9.17) is 17.3 Å². The average Bonchev–Trinajstić information content (AvgIpc) is 2.43. The van der Waals surface area contributed by atoms with E-state index in [9.17, 15) is 14.9 Å². The summed E-state index contributed by atoms with van der Waals surface area (Å²) in [7, 11) is 0. The minimum Gasteiger partial charge on any atom is -0.334 e. The number of hydrogen-bond donors (Lipinski definition) is 1. The molecule has 6 nitrogen and oxygen atoms in total. The topological polar surface area (TPSA) is 89.5 Å². The molecule has 0 aromatic heterocycles. The smallest absolute Gasteiger partial charge is 0.269 e. The summed E-state index contributed by atoms with van der Waals surface area (Å²) in [6, 6.07) is 5.87. The van der Waals surface area contributed by atoms with Crippen molar-refractivity contribution in [2.45, 2.75) is 13.0 Å². The van der Waals surface area contributed by atoms with Crippen molar-refractivity contribution in [1.82, 2.24) is 4.90 Å². The number of amides is 1. The number of nitrogens with zero attached hydrogens (tertiary/aromatic N) is 2. The van der Waals surface area contributed by atoms with Crippen LogP contribution in [-0.4, -0.2) is 34.7 Å². The van der Waals surface area contributed by atoms with E-state index in [2.05, 4.69) is 0 Å². The number of rotatable bonds is 6. The Labute approximate surface area is 116 Å². The van der Waals surface area contributed by atoms with Gasteiger partial charge in [0.25, 0.3) is 5.69 Å². The second-order valence-electron chi connectivity index (χ2n) is 4.03. The second-order valence-corrected chi connectivity index (χ2v) is 4.30. The fraction of sp³-hybridized carbons (Fsp3) is 0.417. The molecule has 1 aromatic carbocycles. The number of carbonyl (C=O) groups is 1. The van der Waals surface area contributed by atoms with E-state index in [0.29, 0.717) is 13.1 Å². The predicted octanol–water partition coefficient (Wildman–Crippen LogP) is 1.68. The maximum Gasteiger partial charge on any atom is 0.269 e. The molecular weight excluding hydrogens is 270 g/mol. The zero-order valence-electron chi connectivity index (χ0n) is 10.6. The number of halogens is 1. The first-order valence-corrected chi connectivity index (χ1v) is 6.34. The summed E-state index contributed by atoms with van der Waals surface area (Å²) in [6.45, 7) is 2.56. The molecule has 0 saturated carbocycles. The van der Waals surface area contributed by atoms with Gasteiger partial charge in [0, 0.05) is 25.2 Å². The molecule has 0 saturated heterocycles. The number of nitro groups is 1. The van der Waals surface area contributed by atoms with Crippen LogP contribution in [0.5, 0.6) is 0 Å². The molecule has 1 atom stereocenters. The van der Waals surface area contributed by atoms with Crippen molar-refractivity contribution in [3.63, 3.8) is 0 Å². The minimum absolute atomic E-state index is 0.0185. The lowest BCUT2D eigenvalue weighted by Crippen LogP contribution is -2.38. The standard InChI is InChI=1S/C12H16ClN3O3/c1-9(15(7-6-14)12(17)8-13)10-2-4-11(5-3-10)16(18)19/h2-5,9H,6-8,14H2,1H3. The number of non-ortho nitro benzene ring substituents is 1. The van der Waals surface area contributed by atoms with Crippen molar-refractivity contribution >= 4 is 23.2 Å². The molecule has 2 N–H and O–H groups in total. The van der Waals surface area contributed by atoms with Gasteiger partial charge in [-0.25, -0.2) is 0 Å².